The highest BCUT2D eigenvalue weighted by Gasteiger charge is 2.38. The van der Waals surface area contributed by atoms with Gasteiger partial charge in [-0.25, -0.2) is 8.78 Å². The largest absolute Gasteiger partial charge is 0.422 e. The van der Waals surface area contributed by atoms with Crippen LogP contribution in [-0.2, 0) is 12.6 Å². The highest BCUT2D eigenvalue weighted by atomic mass is 19.4. The number of halogens is 5. The second-order valence-electron chi connectivity index (χ2n) is 10.4. The highest BCUT2D eigenvalue weighted by Crippen LogP contribution is 2.43. The highest BCUT2D eigenvalue weighted by molar-refractivity contribution is 5.28. The Morgan fingerprint density at radius 1 is 0.758 bits per heavy atom. The SMILES string of the molecule is CCCC=CCCC1CCC(C2CCC(CCc3cc(F)c(C(F)(F)F)c(F)c3)CC2)CC1. The van der Waals surface area contributed by atoms with Gasteiger partial charge in [-0.2, -0.15) is 13.2 Å². The van der Waals surface area contributed by atoms with Crippen LogP contribution < -0.4 is 0 Å². The average Bonchev–Trinajstić information content (AvgIpc) is 2.77. The zero-order chi connectivity index (χ0) is 23.8. The molecule has 33 heavy (non-hydrogen) atoms. The average molecular weight is 471 g/mol. The summed E-state index contributed by atoms with van der Waals surface area (Å²) in [5.41, 5.74) is -1.46. The van der Waals surface area contributed by atoms with Crippen molar-refractivity contribution in [1.29, 1.82) is 0 Å². The van der Waals surface area contributed by atoms with Gasteiger partial charge in [0.05, 0.1) is 0 Å². The molecule has 0 radical (unpaired) electrons. The molecule has 0 aliphatic heterocycles. The van der Waals surface area contributed by atoms with Gasteiger partial charge in [-0.05, 0) is 99.2 Å². The first-order valence-electron chi connectivity index (χ1n) is 13.0. The molecular weight excluding hydrogens is 431 g/mol. The molecular formula is C28H39F5. The maximum absolute atomic E-state index is 13.8. The van der Waals surface area contributed by atoms with Gasteiger partial charge in [0.15, 0.2) is 0 Å². The lowest BCUT2D eigenvalue weighted by atomic mass is 9.68. The second-order valence-corrected chi connectivity index (χ2v) is 10.4. The molecule has 0 spiro atoms. The summed E-state index contributed by atoms with van der Waals surface area (Å²) in [4.78, 5) is 0. The van der Waals surface area contributed by atoms with Crippen LogP contribution in [-0.4, -0.2) is 0 Å². The van der Waals surface area contributed by atoms with Crippen LogP contribution in [0.4, 0.5) is 22.0 Å². The van der Waals surface area contributed by atoms with Crippen molar-refractivity contribution in [2.24, 2.45) is 23.7 Å². The molecule has 0 N–H and O–H groups in total. The van der Waals surface area contributed by atoms with Crippen molar-refractivity contribution in [2.75, 3.05) is 0 Å². The van der Waals surface area contributed by atoms with Crippen LogP contribution in [0.25, 0.3) is 0 Å². The lowest BCUT2D eigenvalue weighted by molar-refractivity contribution is -0.142. The fraction of sp³-hybridized carbons (Fsp3) is 0.714. The van der Waals surface area contributed by atoms with Gasteiger partial charge < -0.3 is 0 Å². The van der Waals surface area contributed by atoms with Crippen LogP contribution in [0.1, 0.15) is 102 Å². The van der Waals surface area contributed by atoms with E-state index in [0.717, 1.165) is 49.1 Å². The zero-order valence-corrected chi connectivity index (χ0v) is 19.9. The molecule has 0 aromatic heterocycles. The van der Waals surface area contributed by atoms with E-state index in [0.29, 0.717) is 17.9 Å². The molecule has 3 rings (SSSR count). The normalized spacial score (nSPS) is 26.7. The first kappa shape index (κ1) is 26.2. The number of unbranched alkanes of at least 4 members (excludes halogenated alkanes) is 1. The Morgan fingerprint density at radius 2 is 1.24 bits per heavy atom. The van der Waals surface area contributed by atoms with Gasteiger partial charge >= 0.3 is 6.18 Å². The summed E-state index contributed by atoms with van der Waals surface area (Å²) in [7, 11) is 0. The van der Waals surface area contributed by atoms with E-state index in [2.05, 4.69) is 19.1 Å². The summed E-state index contributed by atoms with van der Waals surface area (Å²) in [5.74, 6) is 0.0143. The minimum Gasteiger partial charge on any atom is -0.206 e. The third-order valence-electron chi connectivity index (χ3n) is 8.04. The molecule has 2 saturated carbocycles. The van der Waals surface area contributed by atoms with Gasteiger partial charge in [0, 0.05) is 0 Å². The minimum absolute atomic E-state index is 0.322. The molecule has 0 heterocycles. The summed E-state index contributed by atoms with van der Waals surface area (Å²) in [5, 5.41) is 0. The topological polar surface area (TPSA) is 0 Å². The number of alkyl halides is 3. The summed E-state index contributed by atoms with van der Waals surface area (Å²) in [6.07, 6.45) is 15.9. The maximum atomic E-state index is 13.8. The molecule has 0 amide bonds. The van der Waals surface area contributed by atoms with Crippen LogP contribution >= 0.6 is 0 Å². The Labute approximate surface area is 196 Å². The number of hydrogen-bond donors (Lipinski definition) is 0. The van der Waals surface area contributed by atoms with Crippen molar-refractivity contribution < 1.29 is 22.0 Å². The van der Waals surface area contributed by atoms with Gasteiger partial charge in [0.25, 0.3) is 0 Å². The van der Waals surface area contributed by atoms with Gasteiger partial charge in [-0.3, -0.25) is 0 Å². The molecule has 2 fully saturated rings. The van der Waals surface area contributed by atoms with Crippen LogP contribution in [0.15, 0.2) is 24.3 Å². The molecule has 0 saturated heterocycles. The van der Waals surface area contributed by atoms with E-state index in [1.54, 1.807) is 0 Å². The second kappa shape index (κ2) is 12.4. The van der Waals surface area contributed by atoms with Crippen molar-refractivity contribution in [1.82, 2.24) is 0 Å². The lowest BCUT2D eigenvalue weighted by Gasteiger charge is -2.38. The monoisotopic (exact) mass is 470 g/mol. The maximum Gasteiger partial charge on any atom is 0.422 e. The molecule has 5 heteroatoms. The Bertz CT molecular complexity index is 727. The molecule has 1 aromatic carbocycles. The van der Waals surface area contributed by atoms with E-state index < -0.39 is 23.4 Å². The number of benzene rings is 1. The predicted octanol–water partition coefficient (Wildman–Crippen LogP) is 9.67. The van der Waals surface area contributed by atoms with Crippen LogP contribution in [0.5, 0.6) is 0 Å². The zero-order valence-electron chi connectivity index (χ0n) is 19.9. The molecule has 0 nitrogen and oxygen atoms in total. The van der Waals surface area contributed by atoms with Gasteiger partial charge in [0.1, 0.15) is 17.2 Å². The first-order chi connectivity index (χ1) is 15.8. The van der Waals surface area contributed by atoms with E-state index in [-0.39, 0.29) is 0 Å². The molecule has 186 valence electrons. The van der Waals surface area contributed by atoms with E-state index in [9.17, 15) is 22.0 Å². The van der Waals surface area contributed by atoms with E-state index in [1.165, 1.54) is 64.2 Å². The molecule has 2 aliphatic carbocycles. The Kier molecular flexibility index (Phi) is 9.81. The van der Waals surface area contributed by atoms with Crippen molar-refractivity contribution in [3.8, 4) is 0 Å². The van der Waals surface area contributed by atoms with E-state index in [1.807, 2.05) is 0 Å². The van der Waals surface area contributed by atoms with E-state index >= 15 is 0 Å². The van der Waals surface area contributed by atoms with Crippen LogP contribution in [0.3, 0.4) is 0 Å². The smallest absolute Gasteiger partial charge is 0.206 e. The number of allylic oxidation sites excluding steroid dienone is 2. The Hall–Kier alpha value is -1.39. The summed E-state index contributed by atoms with van der Waals surface area (Å²) in [6.45, 7) is 2.21. The first-order valence-corrected chi connectivity index (χ1v) is 13.0. The minimum atomic E-state index is -5.00. The third kappa shape index (κ3) is 7.82. The summed E-state index contributed by atoms with van der Waals surface area (Å²) >= 11 is 0. The third-order valence-corrected chi connectivity index (χ3v) is 8.04. The van der Waals surface area contributed by atoms with Crippen LogP contribution in [0, 0.1) is 35.3 Å². The van der Waals surface area contributed by atoms with Crippen molar-refractivity contribution in [3.63, 3.8) is 0 Å². The molecule has 2 aliphatic rings. The number of hydrogen-bond acceptors (Lipinski definition) is 0. The molecule has 0 bridgehead atoms. The predicted molar refractivity (Wildman–Crippen MR) is 124 cm³/mol. The fourth-order valence-electron chi connectivity index (χ4n) is 6.04. The quantitative estimate of drug-likeness (QED) is 0.249. The van der Waals surface area contributed by atoms with Gasteiger partial charge in [0.2, 0.25) is 0 Å². The van der Waals surface area contributed by atoms with Crippen molar-refractivity contribution >= 4 is 0 Å². The summed E-state index contributed by atoms with van der Waals surface area (Å²) < 4.78 is 65.9. The molecule has 0 atom stereocenters. The summed E-state index contributed by atoms with van der Waals surface area (Å²) in [6, 6.07) is 1.71. The standard InChI is InChI=1S/C28H39F5/c1-2-3-4-5-6-7-20-10-14-23(15-11-20)24-16-12-21(13-17-24)8-9-22-18-25(29)27(26(30)19-22)28(31,32)33/h4-5,18-21,23-24H,2-3,6-17H2,1H3. The van der Waals surface area contributed by atoms with Gasteiger partial charge in [-0.1, -0.05) is 51.2 Å². The van der Waals surface area contributed by atoms with Crippen LogP contribution in [0.2, 0.25) is 0 Å². The van der Waals surface area contributed by atoms with Crippen molar-refractivity contribution in [2.45, 2.75) is 103 Å². The lowest BCUT2D eigenvalue weighted by Crippen LogP contribution is -2.26. The number of aryl methyl sites for hydroxylation is 1. The van der Waals surface area contributed by atoms with Gasteiger partial charge in [-0.15, -0.1) is 0 Å². The Morgan fingerprint density at radius 3 is 1.73 bits per heavy atom. The molecule has 1 aromatic rings. The van der Waals surface area contributed by atoms with E-state index in [4.69, 9.17) is 0 Å². The Balaban J connectivity index is 1.37. The van der Waals surface area contributed by atoms with Crippen molar-refractivity contribution in [3.05, 3.63) is 47.0 Å². The number of rotatable bonds is 9. The fourth-order valence-corrected chi connectivity index (χ4v) is 6.04. The molecule has 0 unspecified atom stereocenters.